The van der Waals surface area contributed by atoms with Crippen molar-refractivity contribution in [2.45, 2.75) is 38.8 Å². The summed E-state index contributed by atoms with van der Waals surface area (Å²) in [5.74, 6) is -2.72. The van der Waals surface area contributed by atoms with Crippen LogP contribution in [0.4, 0.5) is 4.79 Å². The van der Waals surface area contributed by atoms with E-state index in [4.69, 9.17) is 4.74 Å². The molecule has 0 aromatic carbocycles. The first-order valence-corrected chi connectivity index (χ1v) is 5.97. The molecule has 7 heteroatoms. The van der Waals surface area contributed by atoms with Crippen molar-refractivity contribution >= 4 is 18.0 Å². The van der Waals surface area contributed by atoms with Gasteiger partial charge in [-0.1, -0.05) is 0 Å². The van der Waals surface area contributed by atoms with Gasteiger partial charge >= 0.3 is 18.0 Å². The quantitative estimate of drug-likeness (QED) is 0.750. The zero-order chi connectivity index (χ0) is 14.8. The fourth-order valence-electron chi connectivity index (χ4n) is 2.02. The van der Waals surface area contributed by atoms with Gasteiger partial charge in [0.15, 0.2) is 0 Å². The number of methoxy groups -OCH3 is 1. The van der Waals surface area contributed by atoms with Crippen molar-refractivity contribution in [1.82, 2.24) is 4.90 Å². The average Bonchev–Trinajstić information content (AvgIpc) is 2.70. The van der Waals surface area contributed by atoms with Crippen molar-refractivity contribution in [2.75, 3.05) is 13.7 Å². The number of esters is 1. The normalized spacial score (nSPS) is 23.1. The molecule has 1 amide bonds. The Morgan fingerprint density at radius 1 is 1.26 bits per heavy atom. The summed E-state index contributed by atoms with van der Waals surface area (Å²) >= 11 is 0. The van der Waals surface area contributed by atoms with E-state index in [9.17, 15) is 19.5 Å². The molecule has 1 fully saturated rings. The summed E-state index contributed by atoms with van der Waals surface area (Å²) in [5.41, 5.74) is -0.719. The first-order valence-electron chi connectivity index (χ1n) is 5.97. The molecule has 0 unspecified atom stereocenters. The number of carboxylic acid groups (broad SMARTS) is 1. The van der Waals surface area contributed by atoms with Crippen LogP contribution in [0.25, 0.3) is 0 Å². The van der Waals surface area contributed by atoms with Crippen molar-refractivity contribution in [3.05, 3.63) is 0 Å². The summed E-state index contributed by atoms with van der Waals surface area (Å²) in [6.45, 7) is 5.23. The van der Waals surface area contributed by atoms with E-state index in [0.717, 1.165) is 4.90 Å². The smallest absolute Gasteiger partial charge is 0.411 e. The van der Waals surface area contributed by atoms with Crippen LogP contribution in [0.5, 0.6) is 0 Å². The molecule has 0 bridgehead atoms. The number of amides is 1. The summed E-state index contributed by atoms with van der Waals surface area (Å²) in [7, 11) is 1.19. The number of ether oxygens (including phenoxy) is 2. The zero-order valence-corrected chi connectivity index (χ0v) is 11.5. The Balaban J connectivity index is 2.88. The number of carboxylic acids is 1. The van der Waals surface area contributed by atoms with Crippen LogP contribution in [0.15, 0.2) is 0 Å². The first-order chi connectivity index (χ1) is 8.67. The lowest BCUT2D eigenvalue weighted by Gasteiger charge is -2.27. The lowest BCUT2D eigenvalue weighted by atomic mass is 10.0. The Morgan fingerprint density at radius 3 is 2.26 bits per heavy atom. The minimum atomic E-state index is -1.24. The topological polar surface area (TPSA) is 93.1 Å². The monoisotopic (exact) mass is 273 g/mol. The Hall–Kier alpha value is -1.79. The third-order valence-corrected chi connectivity index (χ3v) is 2.78. The third kappa shape index (κ3) is 3.59. The minimum absolute atomic E-state index is 0.158. The van der Waals surface area contributed by atoms with Crippen molar-refractivity contribution in [2.24, 2.45) is 5.92 Å². The first kappa shape index (κ1) is 15.3. The van der Waals surface area contributed by atoms with E-state index in [1.165, 1.54) is 7.11 Å². The molecule has 2 atom stereocenters. The molecule has 19 heavy (non-hydrogen) atoms. The molecule has 1 aliphatic heterocycles. The molecule has 0 spiro atoms. The predicted molar refractivity (Wildman–Crippen MR) is 64.5 cm³/mol. The minimum Gasteiger partial charge on any atom is -0.480 e. The second-order valence-corrected chi connectivity index (χ2v) is 5.38. The van der Waals surface area contributed by atoms with E-state index in [-0.39, 0.29) is 13.0 Å². The van der Waals surface area contributed by atoms with Gasteiger partial charge in [0.2, 0.25) is 0 Å². The standard InChI is InChI=1S/C12H19NO6/c1-12(2,3)19-11(17)13-6-5-7(10(16)18-4)8(13)9(14)15/h7-8H,5-6H2,1-4H3,(H,14,15)/t7-,8+/m1/s1. The van der Waals surface area contributed by atoms with Crippen molar-refractivity contribution in [3.63, 3.8) is 0 Å². The molecule has 0 saturated carbocycles. The summed E-state index contributed by atoms with van der Waals surface area (Å²) in [4.78, 5) is 35.8. The van der Waals surface area contributed by atoms with Crippen LogP contribution in [0, 0.1) is 5.92 Å². The van der Waals surface area contributed by atoms with Crippen LogP contribution >= 0.6 is 0 Å². The highest BCUT2D eigenvalue weighted by Gasteiger charge is 2.47. The molecular weight excluding hydrogens is 254 g/mol. The van der Waals surface area contributed by atoms with Gasteiger partial charge in [0.25, 0.3) is 0 Å². The fraction of sp³-hybridized carbons (Fsp3) is 0.750. The van der Waals surface area contributed by atoms with Crippen LogP contribution in [-0.2, 0) is 19.1 Å². The van der Waals surface area contributed by atoms with Crippen molar-refractivity contribution < 1.29 is 29.0 Å². The van der Waals surface area contributed by atoms with Gasteiger partial charge in [-0.25, -0.2) is 9.59 Å². The summed E-state index contributed by atoms with van der Waals surface area (Å²) in [5, 5.41) is 9.19. The van der Waals surface area contributed by atoms with Gasteiger partial charge in [0, 0.05) is 6.54 Å². The second kappa shape index (κ2) is 5.46. The van der Waals surface area contributed by atoms with Gasteiger partial charge in [0.05, 0.1) is 13.0 Å². The third-order valence-electron chi connectivity index (χ3n) is 2.78. The Kier molecular flexibility index (Phi) is 4.39. The number of hydrogen-bond acceptors (Lipinski definition) is 5. The number of carbonyl (C=O) groups excluding carboxylic acids is 2. The fourth-order valence-corrected chi connectivity index (χ4v) is 2.02. The van der Waals surface area contributed by atoms with Gasteiger partial charge in [-0.3, -0.25) is 9.69 Å². The zero-order valence-electron chi connectivity index (χ0n) is 11.5. The Bertz CT molecular complexity index is 386. The molecule has 108 valence electrons. The molecule has 7 nitrogen and oxygen atoms in total. The number of aliphatic carboxylic acids is 1. The van der Waals surface area contributed by atoms with E-state index in [1.807, 2.05) is 0 Å². The molecule has 1 N–H and O–H groups in total. The van der Waals surface area contributed by atoms with Crippen molar-refractivity contribution in [1.29, 1.82) is 0 Å². The summed E-state index contributed by atoms with van der Waals surface area (Å²) < 4.78 is 9.70. The molecule has 1 rings (SSSR count). The molecule has 0 aromatic rings. The highest BCUT2D eigenvalue weighted by Crippen LogP contribution is 2.27. The maximum absolute atomic E-state index is 11.9. The highest BCUT2D eigenvalue weighted by atomic mass is 16.6. The maximum Gasteiger partial charge on any atom is 0.411 e. The maximum atomic E-state index is 11.9. The van der Waals surface area contributed by atoms with Gasteiger partial charge in [0.1, 0.15) is 11.6 Å². The number of carbonyl (C=O) groups is 3. The van der Waals surface area contributed by atoms with E-state index < -0.39 is 35.6 Å². The van der Waals surface area contributed by atoms with Crippen LogP contribution in [0.1, 0.15) is 27.2 Å². The lowest BCUT2D eigenvalue weighted by Crippen LogP contribution is -2.47. The van der Waals surface area contributed by atoms with Crippen LogP contribution in [0.3, 0.4) is 0 Å². The van der Waals surface area contributed by atoms with Gasteiger partial charge < -0.3 is 14.6 Å². The van der Waals surface area contributed by atoms with Crippen LogP contribution in [0.2, 0.25) is 0 Å². The second-order valence-electron chi connectivity index (χ2n) is 5.38. The number of hydrogen-bond donors (Lipinski definition) is 1. The molecule has 1 saturated heterocycles. The Morgan fingerprint density at radius 2 is 1.84 bits per heavy atom. The molecule has 0 aromatic heterocycles. The highest BCUT2D eigenvalue weighted by molar-refractivity contribution is 5.88. The van der Waals surface area contributed by atoms with E-state index in [0.29, 0.717) is 0 Å². The predicted octanol–water partition coefficient (Wildman–Crippen LogP) is 0.870. The van der Waals surface area contributed by atoms with Gasteiger partial charge in [-0.15, -0.1) is 0 Å². The molecule has 0 radical (unpaired) electrons. The lowest BCUT2D eigenvalue weighted by molar-refractivity contribution is -0.153. The summed E-state index contributed by atoms with van der Waals surface area (Å²) in [6, 6.07) is -1.23. The van der Waals surface area contributed by atoms with E-state index in [1.54, 1.807) is 20.8 Å². The molecule has 1 aliphatic rings. The SMILES string of the molecule is COC(=O)[C@@H]1CCN(C(=O)OC(C)(C)C)[C@@H]1C(=O)O. The molecular formula is C12H19NO6. The van der Waals surface area contributed by atoms with E-state index >= 15 is 0 Å². The summed E-state index contributed by atoms with van der Waals surface area (Å²) in [6.07, 6.45) is -0.477. The average molecular weight is 273 g/mol. The number of nitrogens with zero attached hydrogens (tertiary/aromatic N) is 1. The van der Waals surface area contributed by atoms with E-state index in [2.05, 4.69) is 4.74 Å². The van der Waals surface area contributed by atoms with Gasteiger partial charge in [-0.2, -0.15) is 0 Å². The number of likely N-dealkylation sites (tertiary alicyclic amines) is 1. The molecule has 1 heterocycles. The van der Waals surface area contributed by atoms with Crippen LogP contribution in [-0.4, -0.2) is 53.3 Å². The van der Waals surface area contributed by atoms with Gasteiger partial charge in [-0.05, 0) is 27.2 Å². The number of rotatable bonds is 2. The Labute approximate surface area is 111 Å². The largest absolute Gasteiger partial charge is 0.480 e. The van der Waals surface area contributed by atoms with Crippen molar-refractivity contribution in [3.8, 4) is 0 Å². The van der Waals surface area contributed by atoms with Crippen LogP contribution < -0.4 is 0 Å². The molecule has 0 aliphatic carbocycles.